The number of thioether (sulfide) groups is 1. The maximum atomic E-state index is 12.4. The zero-order chi connectivity index (χ0) is 17.3. The number of aromatic carboxylic acids is 1. The highest BCUT2D eigenvalue weighted by molar-refractivity contribution is 9.10. The molecular formula is C18H14BrNO3S. The second kappa shape index (κ2) is 6.83. The summed E-state index contributed by atoms with van der Waals surface area (Å²) >= 11 is 5.00. The lowest BCUT2D eigenvalue weighted by atomic mass is 10.1. The van der Waals surface area contributed by atoms with Gasteiger partial charge in [0.1, 0.15) is 5.56 Å². The number of nitrogens with zero attached hydrogens (tertiary/aromatic N) is 1. The summed E-state index contributed by atoms with van der Waals surface area (Å²) in [6, 6.07) is 13.4. The minimum atomic E-state index is -1.21. The smallest absolute Gasteiger partial charge is 0.341 e. The fourth-order valence-corrected chi connectivity index (χ4v) is 3.35. The van der Waals surface area contributed by atoms with E-state index in [0.717, 1.165) is 10.0 Å². The third kappa shape index (κ3) is 3.25. The molecule has 122 valence electrons. The molecule has 2 aromatic carbocycles. The van der Waals surface area contributed by atoms with E-state index in [4.69, 9.17) is 0 Å². The Labute approximate surface area is 151 Å². The van der Waals surface area contributed by atoms with Crippen molar-refractivity contribution in [3.8, 4) is 0 Å². The molecule has 0 fully saturated rings. The molecule has 0 saturated heterocycles. The van der Waals surface area contributed by atoms with Crippen LogP contribution < -0.4 is 5.43 Å². The first-order valence-electron chi connectivity index (χ1n) is 7.18. The van der Waals surface area contributed by atoms with Gasteiger partial charge in [-0.25, -0.2) is 4.79 Å². The molecular weight excluding hydrogens is 390 g/mol. The van der Waals surface area contributed by atoms with Gasteiger partial charge in [-0.15, -0.1) is 11.8 Å². The van der Waals surface area contributed by atoms with E-state index in [-0.39, 0.29) is 5.56 Å². The van der Waals surface area contributed by atoms with Crippen molar-refractivity contribution in [2.45, 2.75) is 11.4 Å². The molecule has 24 heavy (non-hydrogen) atoms. The molecule has 0 saturated carbocycles. The summed E-state index contributed by atoms with van der Waals surface area (Å²) in [5.41, 5.74) is 1.06. The molecule has 0 bridgehead atoms. The third-order valence-corrected chi connectivity index (χ3v) is 5.02. The first-order chi connectivity index (χ1) is 11.5. The summed E-state index contributed by atoms with van der Waals surface area (Å²) in [5.74, 6) is -1.21. The van der Waals surface area contributed by atoms with Crippen molar-refractivity contribution in [3.63, 3.8) is 0 Å². The van der Waals surface area contributed by atoms with Crippen LogP contribution in [0.5, 0.6) is 0 Å². The quantitative estimate of drug-likeness (QED) is 0.662. The van der Waals surface area contributed by atoms with Crippen LogP contribution >= 0.6 is 27.7 Å². The minimum Gasteiger partial charge on any atom is -0.477 e. The van der Waals surface area contributed by atoms with Crippen LogP contribution in [0, 0.1) is 0 Å². The number of pyridine rings is 1. The van der Waals surface area contributed by atoms with Crippen LogP contribution in [0.3, 0.4) is 0 Å². The average molecular weight is 404 g/mol. The summed E-state index contributed by atoms with van der Waals surface area (Å²) in [4.78, 5) is 25.0. The monoisotopic (exact) mass is 403 g/mol. The Morgan fingerprint density at radius 2 is 1.92 bits per heavy atom. The maximum Gasteiger partial charge on any atom is 0.341 e. The van der Waals surface area contributed by atoms with E-state index in [0.29, 0.717) is 17.4 Å². The fraction of sp³-hybridized carbons (Fsp3) is 0.111. The summed E-state index contributed by atoms with van der Waals surface area (Å²) < 4.78 is 2.55. The molecule has 0 aliphatic carbocycles. The van der Waals surface area contributed by atoms with Crippen LogP contribution in [0.4, 0.5) is 0 Å². The molecule has 1 N–H and O–H groups in total. The van der Waals surface area contributed by atoms with Gasteiger partial charge in [-0.3, -0.25) is 4.79 Å². The molecule has 0 amide bonds. The number of hydrogen-bond donors (Lipinski definition) is 1. The van der Waals surface area contributed by atoms with Crippen LogP contribution in [0.15, 0.2) is 62.8 Å². The number of carboxylic acids is 1. The zero-order valence-electron chi connectivity index (χ0n) is 12.8. The summed E-state index contributed by atoms with van der Waals surface area (Å²) in [5, 5.41) is 9.72. The Morgan fingerprint density at radius 1 is 1.21 bits per heavy atom. The lowest BCUT2D eigenvalue weighted by Crippen LogP contribution is -2.19. The lowest BCUT2D eigenvalue weighted by molar-refractivity contribution is 0.0695. The number of carbonyl (C=O) groups is 1. The Morgan fingerprint density at radius 3 is 2.54 bits per heavy atom. The van der Waals surface area contributed by atoms with Gasteiger partial charge < -0.3 is 9.67 Å². The van der Waals surface area contributed by atoms with Gasteiger partial charge in [0.15, 0.2) is 0 Å². The number of halogens is 1. The number of carboxylic acid groups (broad SMARTS) is 1. The number of aromatic nitrogens is 1. The topological polar surface area (TPSA) is 59.3 Å². The van der Waals surface area contributed by atoms with Gasteiger partial charge in [0.25, 0.3) is 0 Å². The van der Waals surface area contributed by atoms with Crippen LogP contribution in [-0.4, -0.2) is 21.9 Å². The normalized spacial score (nSPS) is 10.9. The van der Waals surface area contributed by atoms with Crippen molar-refractivity contribution in [1.29, 1.82) is 0 Å². The van der Waals surface area contributed by atoms with Gasteiger partial charge in [0.2, 0.25) is 5.43 Å². The highest BCUT2D eigenvalue weighted by atomic mass is 79.9. The first kappa shape index (κ1) is 16.8. The Hall–Kier alpha value is -2.05. The molecule has 0 unspecified atom stereocenters. The Kier molecular flexibility index (Phi) is 4.78. The molecule has 4 nitrogen and oxygen atoms in total. The first-order valence-corrected chi connectivity index (χ1v) is 9.20. The van der Waals surface area contributed by atoms with E-state index in [1.807, 2.05) is 42.7 Å². The standard InChI is InChI=1S/C18H14BrNO3S/c1-24-13-5-2-11(3-6-13)9-20-10-15(18(22)23)17(21)14-8-12(19)4-7-16(14)20/h2-8,10H,9H2,1H3,(H,22,23). The number of rotatable bonds is 4. The van der Waals surface area contributed by atoms with E-state index in [9.17, 15) is 14.7 Å². The molecule has 6 heteroatoms. The van der Waals surface area contributed by atoms with Crippen LogP contribution in [0.2, 0.25) is 0 Å². The van der Waals surface area contributed by atoms with E-state index < -0.39 is 11.4 Å². The van der Waals surface area contributed by atoms with E-state index >= 15 is 0 Å². The van der Waals surface area contributed by atoms with E-state index in [2.05, 4.69) is 15.9 Å². The predicted molar refractivity (Wildman–Crippen MR) is 100 cm³/mol. The molecule has 1 aromatic heterocycles. The van der Waals surface area contributed by atoms with Gasteiger partial charge in [0.05, 0.1) is 5.52 Å². The van der Waals surface area contributed by atoms with Gasteiger partial charge >= 0.3 is 5.97 Å². The Bertz CT molecular complexity index is 980. The van der Waals surface area contributed by atoms with Gasteiger partial charge in [-0.1, -0.05) is 28.1 Å². The summed E-state index contributed by atoms with van der Waals surface area (Å²) in [7, 11) is 0. The highest BCUT2D eigenvalue weighted by Gasteiger charge is 2.15. The molecule has 3 rings (SSSR count). The molecule has 0 aliphatic heterocycles. The fourth-order valence-electron chi connectivity index (χ4n) is 2.58. The molecule has 0 atom stereocenters. The second-order valence-electron chi connectivity index (χ2n) is 5.31. The van der Waals surface area contributed by atoms with Gasteiger partial charge in [0, 0.05) is 27.5 Å². The van der Waals surface area contributed by atoms with Crippen molar-refractivity contribution in [1.82, 2.24) is 4.57 Å². The van der Waals surface area contributed by atoms with Crippen molar-refractivity contribution in [3.05, 3.63) is 74.5 Å². The SMILES string of the molecule is CSc1ccc(Cn2cc(C(=O)O)c(=O)c3cc(Br)ccc32)cc1. The third-order valence-electron chi connectivity index (χ3n) is 3.78. The van der Waals surface area contributed by atoms with Crippen LogP contribution in [0.25, 0.3) is 10.9 Å². The maximum absolute atomic E-state index is 12.4. The molecule has 0 aliphatic rings. The molecule has 1 heterocycles. The van der Waals surface area contributed by atoms with Gasteiger partial charge in [-0.2, -0.15) is 0 Å². The summed E-state index contributed by atoms with van der Waals surface area (Å²) in [6.45, 7) is 0.493. The Balaban J connectivity index is 2.16. The van der Waals surface area contributed by atoms with Crippen LogP contribution in [0.1, 0.15) is 15.9 Å². The minimum absolute atomic E-state index is 0.221. The number of benzene rings is 2. The van der Waals surface area contributed by atoms with Crippen LogP contribution in [-0.2, 0) is 6.54 Å². The van der Waals surface area contributed by atoms with Crippen molar-refractivity contribution >= 4 is 44.6 Å². The number of hydrogen-bond acceptors (Lipinski definition) is 3. The van der Waals surface area contributed by atoms with E-state index in [1.54, 1.807) is 22.4 Å². The van der Waals surface area contributed by atoms with Gasteiger partial charge in [-0.05, 0) is 42.2 Å². The van der Waals surface area contributed by atoms with Crippen molar-refractivity contribution in [2.75, 3.05) is 6.26 Å². The molecule has 0 spiro atoms. The van der Waals surface area contributed by atoms with Crippen molar-refractivity contribution in [2.24, 2.45) is 0 Å². The summed E-state index contributed by atoms with van der Waals surface area (Å²) in [6.07, 6.45) is 3.44. The largest absolute Gasteiger partial charge is 0.477 e. The van der Waals surface area contributed by atoms with E-state index in [1.165, 1.54) is 11.1 Å². The lowest BCUT2D eigenvalue weighted by Gasteiger charge is -2.13. The molecule has 0 radical (unpaired) electrons. The highest BCUT2D eigenvalue weighted by Crippen LogP contribution is 2.20. The average Bonchev–Trinajstić information content (AvgIpc) is 2.57. The zero-order valence-corrected chi connectivity index (χ0v) is 15.2. The molecule has 3 aromatic rings. The number of fused-ring (bicyclic) bond motifs is 1. The second-order valence-corrected chi connectivity index (χ2v) is 7.11. The van der Waals surface area contributed by atoms with Crippen molar-refractivity contribution < 1.29 is 9.90 Å². The predicted octanol–water partition coefficient (Wildman–Crippen LogP) is 4.23.